The molecule has 1 unspecified atom stereocenters. The summed E-state index contributed by atoms with van der Waals surface area (Å²) in [4.78, 5) is 35.8. The number of nitrogen functional groups attached to an aromatic ring is 1. The second-order valence-electron chi connectivity index (χ2n) is 5.14. The predicted molar refractivity (Wildman–Crippen MR) is 78.2 cm³/mol. The normalized spacial score (nSPS) is 17.9. The van der Waals surface area contributed by atoms with E-state index in [2.05, 4.69) is 0 Å². The van der Waals surface area contributed by atoms with Crippen LogP contribution >= 0.6 is 0 Å². The lowest BCUT2D eigenvalue weighted by Gasteiger charge is -2.31. The van der Waals surface area contributed by atoms with Crippen molar-refractivity contribution in [1.29, 1.82) is 0 Å². The van der Waals surface area contributed by atoms with Gasteiger partial charge < -0.3 is 15.4 Å². The topological polar surface area (TPSA) is 116 Å². The molecule has 2 N–H and O–H groups in total. The molecule has 0 aromatic heterocycles. The maximum absolute atomic E-state index is 12.5. The number of nitro benzene ring substituents is 1. The van der Waals surface area contributed by atoms with Crippen LogP contribution in [-0.4, -0.2) is 41.9 Å². The summed E-state index contributed by atoms with van der Waals surface area (Å²) in [5.41, 5.74) is 5.42. The molecule has 1 heterocycles. The second-order valence-corrected chi connectivity index (χ2v) is 5.14. The van der Waals surface area contributed by atoms with Gasteiger partial charge in [-0.05, 0) is 25.0 Å². The molecule has 0 saturated carbocycles. The molecule has 0 aliphatic carbocycles. The number of hydrogen-bond donors (Lipinski definition) is 1. The lowest BCUT2D eigenvalue weighted by Crippen LogP contribution is -2.42. The molecule has 1 amide bonds. The van der Waals surface area contributed by atoms with Gasteiger partial charge in [-0.1, -0.05) is 0 Å². The van der Waals surface area contributed by atoms with Crippen molar-refractivity contribution in [3.8, 4) is 0 Å². The van der Waals surface area contributed by atoms with E-state index in [1.165, 1.54) is 30.2 Å². The molecule has 22 heavy (non-hydrogen) atoms. The van der Waals surface area contributed by atoms with Crippen molar-refractivity contribution >= 4 is 23.3 Å². The molecule has 1 fully saturated rings. The molecule has 0 bridgehead atoms. The Balaban J connectivity index is 2.19. The van der Waals surface area contributed by atoms with Crippen LogP contribution in [0.4, 0.5) is 11.4 Å². The summed E-state index contributed by atoms with van der Waals surface area (Å²) in [6.45, 7) is 0.758. The SMILES string of the molecule is COC(=O)C1CCCN(C(=O)c2ccc(N)c([N+](=O)[O-])c2)C1. The van der Waals surface area contributed by atoms with E-state index in [0.717, 1.165) is 0 Å². The number of nitrogens with zero attached hydrogens (tertiary/aromatic N) is 2. The summed E-state index contributed by atoms with van der Waals surface area (Å²) >= 11 is 0. The Morgan fingerprint density at radius 3 is 2.82 bits per heavy atom. The Bertz CT molecular complexity index is 616. The second kappa shape index (κ2) is 6.42. The van der Waals surface area contributed by atoms with Crippen LogP contribution in [0, 0.1) is 16.0 Å². The smallest absolute Gasteiger partial charge is 0.310 e. The number of amides is 1. The quantitative estimate of drug-likeness (QED) is 0.388. The van der Waals surface area contributed by atoms with Gasteiger partial charge in [-0.15, -0.1) is 0 Å². The fraction of sp³-hybridized carbons (Fsp3) is 0.429. The first-order valence-electron chi connectivity index (χ1n) is 6.85. The number of hydrogen-bond acceptors (Lipinski definition) is 6. The third-order valence-electron chi connectivity index (χ3n) is 3.72. The van der Waals surface area contributed by atoms with E-state index in [4.69, 9.17) is 10.5 Å². The Morgan fingerprint density at radius 1 is 1.45 bits per heavy atom. The van der Waals surface area contributed by atoms with Crippen molar-refractivity contribution in [2.75, 3.05) is 25.9 Å². The number of likely N-dealkylation sites (tertiary alicyclic amines) is 1. The molecule has 8 heteroatoms. The summed E-state index contributed by atoms with van der Waals surface area (Å²) in [6.07, 6.45) is 1.35. The lowest BCUT2D eigenvalue weighted by atomic mass is 9.97. The van der Waals surface area contributed by atoms with E-state index in [1.54, 1.807) is 0 Å². The zero-order chi connectivity index (χ0) is 16.3. The van der Waals surface area contributed by atoms with Crippen LogP contribution in [0.2, 0.25) is 0 Å². The molecule has 118 valence electrons. The number of carbonyl (C=O) groups excluding carboxylic acids is 2. The number of nitro groups is 1. The fourth-order valence-electron chi connectivity index (χ4n) is 2.54. The van der Waals surface area contributed by atoms with E-state index >= 15 is 0 Å². The highest BCUT2D eigenvalue weighted by Gasteiger charge is 2.30. The maximum Gasteiger partial charge on any atom is 0.310 e. The van der Waals surface area contributed by atoms with Crippen LogP contribution in [0.5, 0.6) is 0 Å². The minimum absolute atomic E-state index is 0.00707. The van der Waals surface area contributed by atoms with E-state index in [-0.39, 0.29) is 41.3 Å². The minimum atomic E-state index is -0.625. The number of anilines is 1. The van der Waals surface area contributed by atoms with Gasteiger partial charge in [0.15, 0.2) is 0 Å². The van der Waals surface area contributed by atoms with Crippen molar-refractivity contribution < 1.29 is 19.2 Å². The van der Waals surface area contributed by atoms with Crippen LogP contribution in [-0.2, 0) is 9.53 Å². The fourth-order valence-corrected chi connectivity index (χ4v) is 2.54. The molecule has 1 aromatic rings. The average molecular weight is 307 g/mol. The van der Waals surface area contributed by atoms with Crippen molar-refractivity contribution in [2.24, 2.45) is 5.92 Å². The average Bonchev–Trinajstić information content (AvgIpc) is 2.53. The molecule has 2 rings (SSSR count). The molecule has 0 radical (unpaired) electrons. The van der Waals surface area contributed by atoms with E-state index in [0.29, 0.717) is 19.4 Å². The minimum Gasteiger partial charge on any atom is -0.469 e. The number of methoxy groups -OCH3 is 1. The standard InChI is InChI=1S/C14H17N3O5/c1-22-14(19)10-3-2-6-16(8-10)13(18)9-4-5-11(15)12(7-9)17(20)21/h4-5,7,10H,2-3,6,8,15H2,1H3. The van der Waals surface area contributed by atoms with Crippen molar-refractivity contribution in [1.82, 2.24) is 4.90 Å². The van der Waals surface area contributed by atoms with Crippen LogP contribution in [0.25, 0.3) is 0 Å². The van der Waals surface area contributed by atoms with Crippen LogP contribution < -0.4 is 5.73 Å². The molecule has 1 aliphatic heterocycles. The zero-order valence-electron chi connectivity index (χ0n) is 12.2. The van der Waals surface area contributed by atoms with Crippen molar-refractivity contribution in [3.63, 3.8) is 0 Å². The van der Waals surface area contributed by atoms with Gasteiger partial charge in [0.2, 0.25) is 0 Å². The summed E-state index contributed by atoms with van der Waals surface area (Å²) in [6, 6.07) is 3.96. The number of esters is 1. The molecule has 1 saturated heterocycles. The molecular weight excluding hydrogens is 290 g/mol. The lowest BCUT2D eigenvalue weighted by molar-refractivity contribution is -0.383. The van der Waals surface area contributed by atoms with Gasteiger partial charge >= 0.3 is 5.97 Å². The summed E-state index contributed by atoms with van der Waals surface area (Å²) in [5, 5.41) is 10.9. The van der Waals surface area contributed by atoms with E-state index in [9.17, 15) is 19.7 Å². The number of piperidine rings is 1. The number of carbonyl (C=O) groups is 2. The first kappa shape index (κ1) is 15.7. The highest BCUT2D eigenvalue weighted by Crippen LogP contribution is 2.25. The third kappa shape index (κ3) is 3.16. The molecule has 0 spiro atoms. The van der Waals surface area contributed by atoms with Gasteiger partial charge in [-0.3, -0.25) is 19.7 Å². The van der Waals surface area contributed by atoms with Crippen molar-refractivity contribution in [3.05, 3.63) is 33.9 Å². The van der Waals surface area contributed by atoms with Gasteiger partial charge in [-0.2, -0.15) is 0 Å². The Morgan fingerprint density at radius 2 is 2.18 bits per heavy atom. The first-order valence-corrected chi connectivity index (χ1v) is 6.85. The molecular formula is C14H17N3O5. The van der Waals surface area contributed by atoms with Crippen LogP contribution in [0.3, 0.4) is 0 Å². The maximum atomic E-state index is 12.5. The van der Waals surface area contributed by atoms with Crippen LogP contribution in [0.15, 0.2) is 18.2 Å². The monoisotopic (exact) mass is 307 g/mol. The van der Waals surface area contributed by atoms with E-state index in [1.807, 2.05) is 0 Å². The van der Waals surface area contributed by atoms with Gasteiger partial charge in [0, 0.05) is 24.7 Å². The zero-order valence-corrected chi connectivity index (χ0v) is 12.2. The summed E-state index contributed by atoms with van der Waals surface area (Å²) < 4.78 is 4.71. The Kier molecular flexibility index (Phi) is 4.59. The molecule has 1 atom stereocenters. The van der Waals surface area contributed by atoms with Crippen molar-refractivity contribution in [2.45, 2.75) is 12.8 Å². The molecule has 1 aromatic carbocycles. The molecule has 1 aliphatic rings. The summed E-state index contributed by atoms with van der Waals surface area (Å²) in [7, 11) is 1.31. The number of rotatable bonds is 3. The summed E-state index contributed by atoms with van der Waals surface area (Å²) in [5.74, 6) is -1.05. The number of nitrogens with two attached hydrogens (primary N) is 1. The Hall–Kier alpha value is -2.64. The molecule has 8 nitrogen and oxygen atoms in total. The highest BCUT2D eigenvalue weighted by molar-refractivity contribution is 5.96. The van der Waals surface area contributed by atoms with Gasteiger partial charge in [-0.25, -0.2) is 0 Å². The Labute approximate surface area is 127 Å². The van der Waals surface area contributed by atoms with Gasteiger partial charge in [0.05, 0.1) is 18.0 Å². The van der Waals surface area contributed by atoms with Crippen LogP contribution in [0.1, 0.15) is 23.2 Å². The van der Waals surface area contributed by atoms with Gasteiger partial charge in [0.1, 0.15) is 5.69 Å². The third-order valence-corrected chi connectivity index (χ3v) is 3.72. The van der Waals surface area contributed by atoms with Gasteiger partial charge in [0.25, 0.3) is 11.6 Å². The predicted octanol–water partition coefficient (Wildman–Crippen LogP) is 1.20. The first-order chi connectivity index (χ1) is 10.4. The number of benzene rings is 1. The highest BCUT2D eigenvalue weighted by atomic mass is 16.6. The van der Waals surface area contributed by atoms with E-state index < -0.39 is 4.92 Å². The largest absolute Gasteiger partial charge is 0.469 e. The number of ether oxygens (including phenoxy) is 1.